The molecule has 4 nitrogen and oxygen atoms in total. The predicted octanol–water partition coefficient (Wildman–Crippen LogP) is -1.00. The summed E-state index contributed by atoms with van der Waals surface area (Å²) < 4.78 is 0. The van der Waals surface area contributed by atoms with Crippen LogP contribution in [0.4, 0.5) is 0 Å². The molecule has 1 atom stereocenters. The van der Waals surface area contributed by atoms with E-state index in [4.69, 9.17) is 5.11 Å². The minimum atomic E-state index is -1.07. The Bertz CT molecular complexity index is 159. The molecule has 1 fully saturated rings. The monoisotopic (exact) mass is 193 g/mol. The third-order valence-electron chi connectivity index (χ3n) is 1.29. The summed E-state index contributed by atoms with van der Waals surface area (Å²) in [6.45, 7) is 0.496. The first kappa shape index (κ1) is 9.72. The fourth-order valence-corrected chi connectivity index (χ4v) is 0.823. The van der Waals surface area contributed by atoms with Gasteiger partial charge in [-0.05, 0) is 0 Å². The van der Waals surface area contributed by atoms with Crippen molar-refractivity contribution >= 4 is 11.8 Å². The van der Waals surface area contributed by atoms with E-state index in [-0.39, 0.29) is 25.3 Å². The number of carbonyl (C=O) groups is 2. The number of hydrogen-bond acceptors (Lipinski definition) is 3. The molecule has 0 bridgehead atoms. The molecule has 1 aliphatic heterocycles. The number of carboxylic acids is 1. The van der Waals surface area contributed by atoms with Crippen LogP contribution < -0.4 is 5.32 Å². The maximum absolute atomic E-state index is 10.6. The molecule has 1 rings (SSSR count). The molecule has 1 heterocycles. The smallest absolute Gasteiger partial charge is 0.328 e. The summed E-state index contributed by atoms with van der Waals surface area (Å²) in [6.07, 6.45) is 0.344. The van der Waals surface area contributed by atoms with Gasteiger partial charge in [0.1, 0.15) is 0 Å². The Morgan fingerprint density at radius 2 is 2.30 bits per heavy atom. The molecule has 2 N–H and O–H groups in total. The zero-order chi connectivity index (χ0) is 6.85. The minimum absolute atomic E-state index is 0. The van der Waals surface area contributed by atoms with E-state index in [1.807, 2.05) is 0 Å². The van der Waals surface area contributed by atoms with E-state index >= 15 is 0 Å². The summed E-state index contributed by atoms with van der Waals surface area (Å²) in [4.78, 5) is 20.7. The molecule has 0 aliphatic carbocycles. The van der Waals surface area contributed by atoms with Crippen molar-refractivity contribution in [2.24, 2.45) is 0 Å². The van der Waals surface area contributed by atoms with Crippen LogP contribution in [0.3, 0.4) is 0 Å². The van der Waals surface area contributed by atoms with Crippen LogP contribution in [0, 0.1) is 0 Å². The van der Waals surface area contributed by atoms with Gasteiger partial charge >= 0.3 is 5.97 Å². The van der Waals surface area contributed by atoms with Crippen LogP contribution in [-0.2, 0) is 29.1 Å². The van der Waals surface area contributed by atoms with Crippen LogP contribution in [-0.4, -0.2) is 29.4 Å². The number of carbonyl (C=O) groups excluding carboxylic acids is 1. The third kappa shape index (κ3) is 1.85. The number of aliphatic carboxylic acids is 1. The molecule has 10 heavy (non-hydrogen) atoms. The van der Waals surface area contributed by atoms with Gasteiger partial charge in [0.2, 0.25) is 0 Å². The van der Waals surface area contributed by atoms with Gasteiger partial charge in [-0.1, -0.05) is 0 Å². The average Bonchev–Trinajstić information content (AvgIpc) is 2.13. The van der Waals surface area contributed by atoms with Gasteiger partial charge in [0.15, 0.2) is 11.8 Å². The van der Waals surface area contributed by atoms with Crippen molar-refractivity contribution in [3.8, 4) is 0 Å². The SMILES string of the molecule is O=C(O)C1NCCC1=O.[Zn]. The summed E-state index contributed by atoms with van der Waals surface area (Å²) in [5, 5.41) is 10.9. The Morgan fingerprint density at radius 3 is 2.50 bits per heavy atom. The quantitative estimate of drug-likeness (QED) is 0.415. The molecule has 52 valence electrons. The van der Waals surface area contributed by atoms with Gasteiger partial charge in [-0.2, -0.15) is 0 Å². The second-order valence-corrected chi connectivity index (χ2v) is 1.94. The Kier molecular flexibility index (Phi) is 3.68. The predicted molar refractivity (Wildman–Crippen MR) is 29.1 cm³/mol. The number of hydrogen-bond donors (Lipinski definition) is 2. The summed E-state index contributed by atoms with van der Waals surface area (Å²) in [5.41, 5.74) is 0. The van der Waals surface area contributed by atoms with E-state index in [1.54, 1.807) is 0 Å². The topological polar surface area (TPSA) is 66.4 Å². The maximum atomic E-state index is 10.6. The maximum Gasteiger partial charge on any atom is 0.328 e. The van der Waals surface area contributed by atoms with Gasteiger partial charge in [0.05, 0.1) is 0 Å². The Balaban J connectivity index is 0.000000810. The van der Waals surface area contributed by atoms with Gasteiger partial charge in [-0.15, -0.1) is 0 Å². The zero-order valence-corrected chi connectivity index (χ0v) is 8.43. The Morgan fingerprint density at radius 1 is 1.70 bits per heavy atom. The molecule has 0 spiro atoms. The van der Waals surface area contributed by atoms with E-state index in [1.165, 1.54) is 0 Å². The number of nitrogens with one attached hydrogen (secondary N) is 1. The van der Waals surface area contributed by atoms with Gasteiger partial charge in [-0.3, -0.25) is 14.9 Å². The van der Waals surface area contributed by atoms with E-state index in [2.05, 4.69) is 5.32 Å². The van der Waals surface area contributed by atoms with Crippen LogP contribution in [0.15, 0.2) is 0 Å². The van der Waals surface area contributed by atoms with Crippen molar-refractivity contribution in [2.45, 2.75) is 12.5 Å². The van der Waals surface area contributed by atoms with Gasteiger partial charge in [0.25, 0.3) is 0 Å². The Hall–Kier alpha value is -0.277. The van der Waals surface area contributed by atoms with Crippen LogP contribution >= 0.6 is 0 Å². The van der Waals surface area contributed by atoms with E-state index in [9.17, 15) is 9.59 Å². The molecule has 5 heteroatoms. The second-order valence-electron chi connectivity index (χ2n) is 1.94. The normalized spacial score (nSPS) is 24.0. The fourth-order valence-electron chi connectivity index (χ4n) is 0.823. The molecular weight excluding hydrogens is 187 g/mol. The number of carboxylic acid groups (broad SMARTS) is 1. The van der Waals surface area contributed by atoms with Crippen molar-refractivity contribution in [1.29, 1.82) is 0 Å². The molecule has 0 saturated carbocycles. The molecule has 0 aromatic carbocycles. The summed E-state index contributed by atoms with van der Waals surface area (Å²) in [5.74, 6) is -1.29. The first-order valence-corrected chi connectivity index (χ1v) is 2.70. The molecule has 0 amide bonds. The number of ketones is 1. The molecule has 0 radical (unpaired) electrons. The largest absolute Gasteiger partial charge is 0.480 e. The fraction of sp³-hybridized carbons (Fsp3) is 0.600. The molecule has 0 aromatic heterocycles. The summed E-state index contributed by atoms with van der Waals surface area (Å²) >= 11 is 0. The van der Waals surface area contributed by atoms with Crippen molar-refractivity contribution < 1.29 is 34.2 Å². The van der Waals surface area contributed by atoms with E-state index in [0.717, 1.165) is 0 Å². The summed E-state index contributed by atoms with van der Waals surface area (Å²) in [7, 11) is 0. The van der Waals surface area contributed by atoms with E-state index in [0.29, 0.717) is 13.0 Å². The van der Waals surface area contributed by atoms with Crippen molar-refractivity contribution in [1.82, 2.24) is 5.32 Å². The first-order chi connectivity index (χ1) is 4.22. The van der Waals surface area contributed by atoms with Crippen LogP contribution in [0.5, 0.6) is 0 Å². The number of Topliss-reactive ketones (excluding diaryl/α,β-unsaturated/α-hetero) is 1. The van der Waals surface area contributed by atoms with E-state index < -0.39 is 12.0 Å². The average molecular weight is 195 g/mol. The molecular formula is C5H7NO3Zn. The van der Waals surface area contributed by atoms with Gasteiger partial charge in [-0.25, -0.2) is 0 Å². The van der Waals surface area contributed by atoms with Crippen LogP contribution in [0.25, 0.3) is 0 Å². The van der Waals surface area contributed by atoms with Gasteiger partial charge in [0, 0.05) is 32.4 Å². The molecule has 1 unspecified atom stereocenters. The summed E-state index contributed by atoms with van der Waals surface area (Å²) in [6, 6.07) is -0.940. The zero-order valence-electron chi connectivity index (χ0n) is 5.46. The second kappa shape index (κ2) is 3.79. The number of rotatable bonds is 1. The molecule has 1 aliphatic rings. The van der Waals surface area contributed by atoms with Crippen LogP contribution in [0.1, 0.15) is 6.42 Å². The molecule has 0 aromatic rings. The molecule has 1 saturated heterocycles. The van der Waals surface area contributed by atoms with Gasteiger partial charge < -0.3 is 5.11 Å². The third-order valence-corrected chi connectivity index (χ3v) is 1.29. The van der Waals surface area contributed by atoms with Crippen LogP contribution in [0.2, 0.25) is 0 Å². The van der Waals surface area contributed by atoms with Crippen molar-refractivity contribution in [3.05, 3.63) is 0 Å². The minimum Gasteiger partial charge on any atom is -0.480 e. The first-order valence-electron chi connectivity index (χ1n) is 2.70. The standard InChI is InChI=1S/C5H7NO3.Zn/c7-3-1-2-6-4(3)5(8)9;/h4,6H,1-2H2,(H,8,9);. The van der Waals surface area contributed by atoms with Crippen molar-refractivity contribution in [3.63, 3.8) is 0 Å². The van der Waals surface area contributed by atoms with Crippen molar-refractivity contribution in [2.75, 3.05) is 6.54 Å². The Labute approximate surface area is 70.7 Å².